The molecule has 0 unspecified atom stereocenters. The summed E-state index contributed by atoms with van der Waals surface area (Å²) in [5.41, 5.74) is 5.88. The smallest absolute Gasteiger partial charge is 0.223 e. The largest absolute Gasteiger partial charge is 0.360 e. The molecule has 2 aromatic carbocycles. The number of aromatic nitrogens is 4. The Bertz CT molecular complexity index is 1300. The lowest BCUT2D eigenvalue weighted by atomic mass is 10.1. The van der Waals surface area contributed by atoms with Crippen LogP contribution < -0.4 is 5.32 Å². The van der Waals surface area contributed by atoms with Crippen LogP contribution in [0.2, 0.25) is 5.02 Å². The van der Waals surface area contributed by atoms with E-state index < -0.39 is 0 Å². The van der Waals surface area contributed by atoms with E-state index in [0.717, 1.165) is 33.3 Å². The molecule has 0 amide bonds. The molecule has 0 saturated heterocycles. The number of nitrogens with one attached hydrogen (secondary N) is 2. The average molecular weight is 412 g/mol. The fourth-order valence-electron chi connectivity index (χ4n) is 3.42. The van der Waals surface area contributed by atoms with Crippen LogP contribution in [0.4, 0.5) is 5.95 Å². The van der Waals surface area contributed by atoms with E-state index >= 15 is 0 Å². The summed E-state index contributed by atoms with van der Waals surface area (Å²) in [7, 11) is 0. The third-order valence-corrected chi connectivity index (χ3v) is 5.23. The molecule has 0 bridgehead atoms. The Balaban J connectivity index is 1.35. The highest BCUT2D eigenvalue weighted by Crippen LogP contribution is 2.32. The molecule has 0 aliphatic heterocycles. The highest BCUT2D eigenvalue weighted by molar-refractivity contribution is 6.33. The SMILES string of the molecule is Clc1cnc(NCc2ccc(-c3ccccn3)cc2)nc1-c1c[nH]c2ccccc12. The molecule has 6 heteroatoms. The number of fused-ring (bicyclic) bond motifs is 1. The fraction of sp³-hybridized carbons (Fsp3) is 0.0417. The van der Waals surface area contributed by atoms with Gasteiger partial charge in [0.25, 0.3) is 0 Å². The topological polar surface area (TPSA) is 66.5 Å². The van der Waals surface area contributed by atoms with Crippen molar-refractivity contribution in [2.75, 3.05) is 5.32 Å². The normalized spacial score (nSPS) is 11.0. The predicted octanol–water partition coefficient (Wildman–Crippen LogP) is 5.95. The predicted molar refractivity (Wildman–Crippen MR) is 121 cm³/mol. The van der Waals surface area contributed by atoms with Crippen LogP contribution in [0, 0.1) is 0 Å². The number of H-pyrrole nitrogens is 1. The molecule has 0 radical (unpaired) electrons. The van der Waals surface area contributed by atoms with Gasteiger partial charge in [0.05, 0.1) is 22.6 Å². The van der Waals surface area contributed by atoms with Crippen LogP contribution >= 0.6 is 11.6 Å². The van der Waals surface area contributed by atoms with Gasteiger partial charge in [-0.2, -0.15) is 0 Å². The summed E-state index contributed by atoms with van der Waals surface area (Å²) in [5, 5.41) is 4.89. The summed E-state index contributed by atoms with van der Waals surface area (Å²) >= 11 is 6.41. The zero-order chi connectivity index (χ0) is 20.3. The number of pyridine rings is 1. The van der Waals surface area contributed by atoms with E-state index in [1.165, 1.54) is 0 Å². The number of aromatic amines is 1. The first-order valence-corrected chi connectivity index (χ1v) is 9.99. The molecule has 146 valence electrons. The lowest BCUT2D eigenvalue weighted by Crippen LogP contribution is -2.04. The first kappa shape index (κ1) is 18.3. The Labute approximate surface area is 178 Å². The quantitative estimate of drug-likeness (QED) is 0.375. The standard InChI is InChI=1S/C24H18ClN5/c25-20-15-29-24(30-23(20)19-14-27-22-7-2-1-5-18(19)22)28-13-16-8-10-17(11-9-16)21-6-3-4-12-26-21/h1-12,14-15,27H,13H2,(H,28,29,30). The summed E-state index contributed by atoms with van der Waals surface area (Å²) in [6.45, 7) is 0.609. The maximum absolute atomic E-state index is 6.41. The van der Waals surface area contributed by atoms with Crippen LogP contribution in [0.3, 0.4) is 0 Å². The summed E-state index contributed by atoms with van der Waals surface area (Å²) in [6, 6.07) is 22.3. The van der Waals surface area contributed by atoms with Crippen molar-refractivity contribution in [3.05, 3.63) is 95.9 Å². The lowest BCUT2D eigenvalue weighted by Gasteiger charge is -2.09. The minimum Gasteiger partial charge on any atom is -0.360 e. The molecular formula is C24H18ClN5. The van der Waals surface area contributed by atoms with E-state index in [4.69, 9.17) is 11.6 Å². The maximum Gasteiger partial charge on any atom is 0.223 e. The van der Waals surface area contributed by atoms with Crippen molar-refractivity contribution in [3.63, 3.8) is 0 Å². The third-order valence-electron chi connectivity index (χ3n) is 4.95. The van der Waals surface area contributed by atoms with Crippen LogP contribution in [-0.4, -0.2) is 19.9 Å². The average Bonchev–Trinajstić information content (AvgIpc) is 3.23. The van der Waals surface area contributed by atoms with Crippen molar-refractivity contribution in [1.29, 1.82) is 0 Å². The number of rotatable bonds is 5. The van der Waals surface area contributed by atoms with Crippen molar-refractivity contribution < 1.29 is 0 Å². The second-order valence-corrected chi connectivity index (χ2v) is 7.31. The minimum atomic E-state index is 0.519. The van der Waals surface area contributed by atoms with E-state index in [2.05, 4.69) is 55.6 Å². The summed E-state index contributed by atoms with van der Waals surface area (Å²) in [6.07, 6.45) is 5.37. The molecule has 3 heterocycles. The Morgan fingerprint density at radius 3 is 2.57 bits per heavy atom. The number of halogens is 1. The monoisotopic (exact) mass is 411 g/mol. The van der Waals surface area contributed by atoms with Crippen LogP contribution in [0.25, 0.3) is 33.4 Å². The van der Waals surface area contributed by atoms with Gasteiger partial charge in [0.15, 0.2) is 0 Å². The van der Waals surface area contributed by atoms with Crippen LogP contribution in [0.1, 0.15) is 5.56 Å². The van der Waals surface area contributed by atoms with Gasteiger partial charge in [0, 0.05) is 41.0 Å². The molecule has 0 aliphatic carbocycles. The van der Waals surface area contributed by atoms with Gasteiger partial charge in [-0.1, -0.05) is 60.1 Å². The number of hydrogen-bond acceptors (Lipinski definition) is 4. The Kier molecular flexibility index (Phi) is 4.87. The third kappa shape index (κ3) is 3.63. The van der Waals surface area contributed by atoms with Crippen molar-refractivity contribution in [2.24, 2.45) is 0 Å². The van der Waals surface area contributed by atoms with E-state index in [-0.39, 0.29) is 0 Å². The summed E-state index contributed by atoms with van der Waals surface area (Å²) < 4.78 is 0. The van der Waals surface area contributed by atoms with Gasteiger partial charge in [0.1, 0.15) is 0 Å². The molecule has 30 heavy (non-hydrogen) atoms. The molecule has 0 atom stereocenters. The molecule has 3 aromatic heterocycles. The van der Waals surface area contributed by atoms with E-state index in [0.29, 0.717) is 23.2 Å². The maximum atomic E-state index is 6.41. The minimum absolute atomic E-state index is 0.519. The van der Waals surface area contributed by atoms with Gasteiger partial charge in [-0.05, 0) is 23.8 Å². The molecule has 2 N–H and O–H groups in total. The van der Waals surface area contributed by atoms with Gasteiger partial charge in [0.2, 0.25) is 5.95 Å². The zero-order valence-corrected chi connectivity index (χ0v) is 16.8. The molecular weight excluding hydrogens is 394 g/mol. The van der Waals surface area contributed by atoms with Crippen LogP contribution in [0.15, 0.2) is 85.3 Å². The van der Waals surface area contributed by atoms with E-state index in [1.807, 2.05) is 42.6 Å². The molecule has 0 saturated carbocycles. The second-order valence-electron chi connectivity index (χ2n) is 6.90. The van der Waals surface area contributed by atoms with Gasteiger partial charge in [-0.15, -0.1) is 0 Å². The summed E-state index contributed by atoms with van der Waals surface area (Å²) in [4.78, 5) is 16.6. The van der Waals surface area contributed by atoms with Crippen molar-refractivity contribution in [2.45, 2.75) is 6.54 Å². The van der Waals surface area contributed by atoms with Crippen LogP contribution in [-0.2, 0) is 6.54 Å². The lowest BCUT2D eigenvalue weighted by molar-refractivity contribution is 1.06. The number of benzene rings is 2. The zero-order valence-electron chi connectivity index (χ0n) is 16.0. The number of para-hydroxylation sites is 1. The highest BCUT2D eigenvalue weighted by Gasteiger charge is 2.12. The molecule has 0 fully saturated rings. The Morgan fingerprint density at radius 2 is 1.73 bits per heavy atom. The van der Waals surface area contributed by atoms with Crippen molar-refractivity contribution >= 4 is 28.5 Å². The Morgan fingerprint density at radius 1 is 0.900 bits per heavy atom. The van der Waals surface area contributed by atoms with Gasteiger partial charge in [-0.25, -0.2) is 9.97 Å². The second kappa shape index (κ2) is 7.97. The Hall–Kier alpha value is -3.70. The number of nitrogens with zero attached hydrogens (tertiary/aromatic N) is 3. The fourth-order valence-corrected chi connectivity index (χ4v) is 3.61. The molecule has 5 nitrogen and oxygen atoms in total. The van der Waals surface area contributed by atoms with Crippen LogP contribution in [0.5, 0.6) is 0 Å². The van der Waals surface area contributed by atoms with E-state index in [9.17, 15) is 0 Å². The first-order chi connectivity index (χ1) is 14.8. The number of hydrogen-bond donors (Lipinski definition) is 2. The molecule has 0 aliphatic rings. The van der Waals surface area contributed by atoms with E-state index in [1.54, 1.807) is 12.4 Å². The molecule has 5 rings (SSSR count). The van der Waals surface area contributed by atoms with Gasteiger partial charge >= 0.3 is 0 Å². The van der Waals surface area contributed by atoms with Gasteiger partial charge < -0.3 is 10.3 Å². The van der Waals surface area contributed by atoms with Crippen molar-refractivity contribution in [1.82, 2.24) is 19.9 Å². The first-order valence-electron chi connectivity index (χ1n) is 9.61. The van der Waals surface area contributed by atoms with Gasteiger partial charge in [-0.3, -0.25) is 4.98 Å². The van der Waals surface area contributed by atoms with Crippen molar-refractivity contribution in [3.8, 4) is 22.5 Å². The highest BCUT2D eigenvalue weighted by atomic mass is 35.5. The summed E-state index contributed by atoms with van der Waals surface area (Å²) in [5.74, 6) is 0.536. The molecule has 5 aromatic rings. The number of anilines is 1. The molecule has 0 spiro atoms.